The molecule has 0 aliphatic rings. The van der Waals surface area contributed by atoms with Crippen molar-refractivity contribution >= 4 is 16.9 Å². The van der Waals surface area contributed by atoms with E-state index in [0.717, 1.165) is 6.42 Å². The van der Waals surface area contributed by atoms with Crippen molar-refractivity contribution in [1.29, 1.82) is 0 Å². The fourth-order valence-electron chi connectivity index (χ4n) is 1.45. The average molecular weight is 223 g/mol. The molecule has 0 bridgehead atoms. The predicted octanol–water partition coefficient (Wildman–Crippen LogP) is 2.05. The van der Waals surface area contributed by atoms with Crippen molar-refractivity contribution in [2.75, 3.05) is 20.4 Å². The number of benzene rings is 1. The lowest BCUT2D eigenvalue weighted by atomic mass is 10.1. The molecular formula is C12H17NOS. The Balaban J connectivity index is 2.72. The van der Waals surface area contributed by atoms with Crippen molar-refractivity contribution in [2.45, 2.75) is 12.5 Å². The van der Waals surface area contributed by atoms with Crippen LogP contribution in [0, 0.1) is 0 Å². The van der Waals surface area contributed by atoms with Gasteiger partial charge >= 0.3 is 0 Å². The minimum absolute atomic E-state index is 0.0256. The van der Waals surface area contributed by atoms with Gasteiger partial charge in [-0.1, -0.05) is 42.1 Å². The molecular weight excluding hydrogens is 206 g/mol. The molecule has 0 amide bonds. The Morgan fingerprint density at radius 3 is 2.40 bits per heavy atom. The van der Waals surface area contributed by atoms with E-state index < -0.39 is 0 Å². The maximum atomic E-state index is 11.7. The van der Waals surface area contributed by atoms with Gasteiger partial charge in [-0.05, 0) is 32.3 Å². The van der Waals surface area contributed by atoms with Crippen LogP contribution >= 0.6 is 11.8 Å². The molecule has 2 nitrogen and oxygen atoms in total. The number of hydrogen-bond donors (Lipinski definition) is 0. The monoisotopic (exact) mass is 223 g/mol. The summed E-state index contributed by atoms with van der Waals surface area (Å²) < 4.78 is 0. The number of carbonyl (C=O) groups excluding carboxylic acids is 1. The second-order valence-corrected chi connectivity index (χ2v) is 4.50. The van der Waals surface area contributed by atoms with Crippen LogP contribution in [0.1, 0.15) is 5.56 Å². The van der Waals surface area contributed by atoms with Crippen LogP contribution in [-0.2, 0) is 11.2 Å². The second kappa shape index (κ2) is 5.93. The summed E-state index contributed by atoms with van der Waals surface area (Å²) in [6, 6.07) is 10.1. The van der Waals surface area contributed by atoms with Gasteiger partial charge in [-0.15, -0.1) is 0 Å². The van der Waals surface area contributed by atoms with E-state index in [0.29, 0.717) is 0 Å². The molecule has 0 saturated heterocycles. The van der Waals surface area contributed by atoms with Crippen LogP contribution in [0.3, 0.4) is 0 Å². The first-order valence-corrected chi connectivity index (χ1v) is 6.16. The van der Waals surface area contributed by atoms with Gasteiger partial charge in [-0.2, -0.15) is 0 Å². The number of hydrogen-bond acceptors (Lipinski definition) is 3. The first-order valence-electron chi connectivity index (χ1n) is 4.93. The lowest BCUT2D eigenvalue weighted by Gasteiger charge is -2.21. The van der Waals surface area contributed by atoms with Gasteiger partial charge in [0.15, 0.2) is 0 Å². The first-order chi connectivity index (χ1) is 7.15. The third-order valence-corrected chi connectivity index (χ3v) is 3.04. The SMILES string of the molecule is CSC(=O)[C@@H](Cc1ccccc1)N(C)C. The summed E-state index contributed by atoms with van der Waals surface area (Å²) in [6.45, 7) is 0. The fraction of sp³-hybridized carbons (Fsp3) is 0.417. The normalized spacial score (nSPS) is 12.8. The quantitative estimate of drug-likeness (QED) is 0.779. The standard InChI is InChI=1S/C12H17NOS/c1-13(2)11(12(14)15-3)9-10-7-5-4-6-8-10/h4-8,11H,9H2,1-3H3/t11-/m1/s1. The van der Waals surface area contributed by atoms with E-state index in [2.05, 4.69) is 12.1 Å². The molecule has 1 atom stereocenters. The summed E-state index contributed by atoms with van der Waals surface area (Å²) in [5.74, 6) is 0. The minimum atomic E-state index is -0.0256. The summed E-state index contributed by atoms with van der Waals surface area (Å²) in [4.78, 5) is 13.7. The van der Waals surface area contributed by atoms with E-state index in [1.54, 1.807) is 0 Å². The van der Waals surface area contributed by atoms with Crippen LogP contribution in [0.15, 0.2) is 30.3 Å². The van der Waals surface area contributed by atoms with Crippen molar-refractivity contribution in [3.8, 4) is 0 Å². The van der Waals surface area contributed by atoms with Gasteiger partial charge in [-0.3, -0.25) is 9.69 Å². The second-order valence-electron chi connectivity index (χ2n) is 3.69. The van der Waals surface area contributed by atoms with E-state index >= 15 is 0 Å². The highest BCUT2D eigenvalue weighted by Crippen LogP contribution is 2.12. The highest BCUT2D eigenvalue weighted by atomic mass is 32.2. The summed E-state index contributed by atoms with van der Waals surface area (Å²) >= 11 is 1.30. The summed E-state index contributed by atoms with van der Waals surface area (Å²) in [5, 5.41) is 0.226. The third-order valence-electron chi connectivity index (χ3n) is 2.37. The molecule has 0 aliphatic heterocycles. The Morgan fingerprint density at radius 1 is 1.33 bits per heavy atom. The molecule has 0 fully saturated rings. The zero-order valence-corrected chi connectivity index (χ0v) is 10.3. The fourth-order valence-corrected chi connectivity index (χ4v) is 2.02. The Labute approximate surface area is 95.7 Å². The molecule has 3 heteroatoms. The molecule has 1 aromatic rings. The molecule has 0 saturated carbocycles. The lowest BCUT2D eigenvalue weighted by Crippen LogP contribution is -2.36. The van der Waals surface area contributed by atoms with Crippen LogP contribution in [-0.4, -0.2) is 36.4 Å². The van der Waals surface area contributed by atoms with Crippen LogP contribution in [0.25, 0.3) is 0 Å². The molecule has 0 spiro atoms. The van der Waals surface area contributed by atoms with Crippen LogP contribution < -0.4 is 0 Å². The molecule has 0 N–H and O–H groups in total. The van der Waals surface area contributed by atoms with E-state index in [-0.39, 0.29) is 11.2 Å². The topological polar surface area (TPSA) is 20.3 Å². The number of carbonyl (C=O) groups is 1. The maximum absolute atomic E-state index is 11.7. The van der Waals surface area contributed by atoms with E-state index in [1.807, 2.05) is 43.5 Å². The largest absolute Gasteiger partial charge is 0.299 e. The van der Waals surface area contributed by atoms with Crippen molar-refractivity contribution < 1.29 is 4.79 Å². The average Bonchev–Trinajstić information content (AvgIpc) is 2.26. The molecule has 0 aliphatic carbocycles. The van der Waals surface area contributed by atoms with Crippen molar-refractivity contribution in [1.82, 2.24) is 4.90 Å². The summed E-state index contributed by atoms with van der Waals surface area (Å²) in [7, 11) is 3.89. The van der Waals surface area contributed by atoms with Gasteiger partial charge in [0.25, 0.3) is 0 Å². The highest BCUT2D eigenvalue weighted by molar-refractivity contribution is 8.13. The smallest absolute Gasteiger partial charge is 0.206 e. The number of rotatable bonds is 4. The molecule has 82 valence electrons. The summed E-state index contributed by atoms with van der Waals surface area (Å²) in [5.41, 5.74) is 1.21. The third kappa shape index (κ3) is 3.68. The van der Waals surface area contributed by atoms with Gasteiger partial charge in [-0.25, -0.2) is 0 Å². The van der Waals surface area contributed by atoms with E-state index in [4.69, 9.17) is 0 Å². The van der Waals surface area contributed by atoms with Gasteiger partial charge in [0.1, 0.15) is 0 Å². The van der Waals surface area contributed by atoms with Crippen LogP contribution in [0.5, 0.6) is 0 Å². The Morgan fingerprint density at radius 2 is 1.93 bits per heavy atom. The van der Waals surface area contributed by atoms with E-state index in [1.165, 1.54) is 17.3 Å². The van der Waals surface area contributed by atoms with Crippen molar-refractivity contribution in [3.05, 3.63) is 35.9 Å². The van der Waals surface area contributed by atoms with E-state index in [9.17, 15) is 4.79 Å². The molecule has 0 aromatic heterocycles. The molecule has 1 aromatic carbocycles. The number of nitrogens with zero attached hydrogens (tertiary/aromatic N) is 1. The minimum Gasteiger partial charge on any atom is -0.299 e. The Kier molecular flexibility index (Phi) is 4.85. The van der Waals surface area contributed by atoms with Gasteiger partial charge < -0.3 is 0 Å². The number of likely N-dealkylation sites (N-methyl/N-ethyl adjacent to an activating group) is 1. The van der Waals surface area contributed by atoms with Gasteiger partial charge in [0.2, 0.25) is 5.12 Å². The van der Waals surface area contributed by atoms with Crippen LogP contribution in [0.4, 0.5) is 0 Å². The highest BCUT2D eigenvalue weighted by Gasteiger charge is 2.19. The van der Waals surface area contributed by atoms with Gasteiger partial charge in [0.05, 0.1) is 6.04 Å². The number of thioether (sulfide) groups is 1. The lowest BCUT2D eigenvalue weighted by molar-refractivity contribution is -0.114. The first kappa shape index (κ1) is 12.3. The zero-order chi connectivity index (χ0) is 11.3. The summed E-state index contributed by atoms with van der Waals surface area (Å²) in [6.07, 6.45) is 2.62. The van der Waals surface area contributed by atoms with Gasteiger partial charge in [0, 0.05) is 0 Å². The zero-order valence-electron chi connectivity index (χ0n) is 9.43. The molecule has 0 unspecified atom stereocenters. The molecule has 0 heterocycles. The predicted molar refractivity (Wildman–Crippen MR) is 66.1 cm³/mol. The Bertz CT molecular complexity index is 311. The Hall–Kier alpha value is -0.800. The molecule has 0 radical (unpaired) electrons. The molecule has 1 rings (SSSR count). The molecule has 15 heavy (non-hydrogen) atoms. The van der Waals surface area contributed by atoms with Crippen molar-refractivity contribution in [3.63, 3.8) is 0 Å². The van der Waals surface area contributed by atoms with Crippen molar-refractivity contribution in [2.24, 2.45) is 0 Å². The maximum Gasteiger partial charge on any atom is 0.206 e. The van der Waals surface area contributed by atoms with Crippen LogP contribution in [0.2, 0.25) is 0 Å².